The van der Waals surface area contributed by atoms with E-state index in [0.29, 0.717) is 19.3 Å². The van der Waals surface area contributed by atoms with Gasteiger partial charge in [-0.15, -0.1) is 0 Å². The van der Waals surface area contributed by atoms with Gasteiger partial charge in [0.1, 0.15) is 6.04 Å². The summed E-state index contributed by atoms with van der Waals surface area (Å²) in [6.45, 7) is 0. The SMILES string of the molecule is O=C(O)C1CC2CCCCC2N1C(=O)CCS(=O)(=O)C1CCCC1. The van der Waals surface area contributed by atoms with Crippen molar-refractivity contribution < 1.29 is 23.1 Å². The van der Waals surface area contributed by atoms with Crippen LogP contribution in [0.2, 0.25) is 0 Å². The van der Waals surface area contributed by atoms with Crippen molar-refractivity contribution in [2.75, 3.05) is 5.75 Å². The fraction of sp³-hybridized carbons (Fsp3) is 0.882. The van der Waals surface area contributed by atoms with Gasteiger partial charge < -0.3 is 10.0 Å². The molecule has 1 saturated heterocycles. The lowest BCUT2D eigenvalue weighted by molar-refractivity contribution is -0.149. The molecule has 1 aliphatic heterocycles. The number of carbonyl (C=O) groups excluding carboxylic acids is 1. The summed E-state index contributed by atoms with van der Waals surface area (Å²) < 4.78 is 24.7. The number of carbonyl (C=O) groups is 2. The molecule has 0 bridgehead atoms. The molecule has 3 rings (SSSR count). The van der Waals surface area contributed by atoms with Crippen LogP contribution in [-0.2, 0) is 19.4 Å². The Balaban J connectivity index is 1.66. The molecule has 6 nitrogen and oxygen atoms in total. The zero-order valence-corrected chi connectivity index (χ0v) is 14.8. The molecule has 3 unspecified atom stereocenters. The number of sulfone groups is 1. The van der Waals surface area contributed by atoms with Gasteiger partial charge in [0.05, 0.1) is 11.0 Å². The number of fused-ring (bicyclic) bond motifs is 1. The zero-order valence-electron chi connectivity index (χ0n) is 14.0. The van der Waals surface area contributed by atoms with E-state index in [1.165, 1.54) is 4.90 Å². The summed E-state index contributed by atoms with van der Waals surface area (Å²) in [6.07, 6.45) is 7.62. The van der Waals surface area contributed by atoms with Crippen molar-refractivity contribution in [3.8, 4) is 0 Å². The summed E-state index contributed by atoms with van der Waals surface area (Å²) in [5.74, 6) is -1.14. The van der Waals surface area contributed by atoms with Crippen molar-refractivity contribution in [1.82, 2.24) is 4.90 Å². The summed E-state index contributed by atoms with van der Waals surface area (Å²) in [7, 11) is -3.25. The number of hydrogen-bond donors (Lipinski definition) is 1. The fourth-order valence-electron chi connectivity index (χ4n) is 4.81. The van der Waals surface area contributed by atoms with Crippen molar-refractivity contribution in [1.29, 1.82) is 0 Å². The molecule has 1 amide bonds. The van der Waals surface area contributed by atoms with E-state index in [4.69, 9.17) is 0 Å². The van der Waals surface area contributed by atoms with E-state index in [1.54, 1.807) is 0 Å². The Morgan fingerprint density at radius 2 is 1.62 bits per heavy atom. The number of likely N-dealkylation sites (tertiary alicyclic amines) is 1. The quantitative estimate of drug-likeness (QED) is 0.812. The Morgan fingerprint density at radius 3 is 2.29 bits per heavy atom. The van der Waals surface area contributed by atoms with Crippen LogP contribution in [0.25, 0.3) is 0 Å². The smallest absolute Gasteiger partial charge is 0.326 e. The Morgan fingerprint density at radius 1 is 1.00 bits per heavy atom. The fourth-order valence-corrected chi connectivity index (χ4v) is 6.66. The monoisotopic (exact) mass is 357 g/mol. The molecular formula is C17H27NO5S. The number of nitrogens with zero attached hydrogens (tertiary/aromatic N) is 1. The molecule has 3 fully saturated rings. The van der Waals surface area contributed by atoms with Crippen LogP contribution in [0.1, 0.15) is 64.2 Å². The van der Waals surface area contributed by atoms with E-state index in [9.17, 15) is 23.1 Å². The summed E-state index contributed by atoms with van der Waals surface area (Å²) >= 11 is 0. The molecule has 2 saturated carbocycles. The summed E-state index contributed by atoms with van der Waals surface area (Å²) in [4.78, 5) is 25.7. The van der Waals surface area contributed by atoms with Gasteiger partial charge in [0, 0.05) is 12.5 Å². The minimum Gasteiger partial charge on any atom is -0.480 e. The third kappa shape index (κ3) is 3.46. The van der Waals surface area contributed by atoms with Gasteiger partial charge in [-0.1, -0.05) is 25.7 Å². The maximum Gasteiger partial charge on any atom is 0.326 e. The Bertz CT molecular complexity index is 596. The number of carboxylic acid groups (broad SMARTS) is 1. The average molecular weight is 357 g/mol. The minimum absolute atomic E-state index is 0.0125. The van der Waals surface area contributed by atoms with Crippen LogP contribution >= 0.6 is 0 Å². The predicted octanol–water partition coefficient (Wildman–Crippen LogP) is 1.98. The topological polar surface area (TPSA) is 91.8 Å². The maximum absolute atomic E-state index is 12.7. The first kappa shape index (κ1) is 17.7. The van der Waals surface area contributed by atoms with Gasteiger partial charge in [0.25, 0.3) is 0 Å². The van der Waals surface area contributed by atoms with Crippen LogP contribution < -0.4 is 0 Å². The molecule has 136 valence electrons. The van der Waals surface area contributed by atoms with Crippen LogP contribution in [0.15, 0.2) is 0 Å². The van der Waals surface area contributed by atoms with Crippen molar-refractivity contribution in [3.63, 3.8) is 0 Å². The molecule has 0 aromatic carbocycles. The summed E-state index contributed by atoms with van der Waals surface area (Å²) in [6, 6.07) is -0.790. The Kier molecular flexibility index (Phi) is 5.18. The first-order valence-corrected chi connectivity index (χ1v) is 10.9. The maximum atomic E-state index is 12.7. The van der Waals surface area contributed by atoms with Crippen molar-refractivity contribution in [3.05, 3.63) is 0 Å². The van der Waals surface area contributed by atoms with Crippen molar-refractivity contribution in [2.24, 2.45) is 5.92 Å². The van der Waals surface area contributed by atoms with Crippen LogP contribution in [0, 0.1) is 5.92 Å². The Hall–Kier alpha value is -1.11. The number of hydrogen-bond acceptors (Lipinski definition) is 4. The Labute approximate surface area is 143 Å². The van der Waals surface area contributed by atoms with Crippen LogP contribution in [0.4, 0.5) is 0 Å². The molecule has 3 aliphatic rings. The van der Waals surface area contributed by atoms with Gasteiger partial charge in [-0.3, -0.25) is 4.79 Å². The lowest BCUT2D eigenvalue weighted by Crippen LogP contribution is -2.46. The van der Waals surface area contributed by atoms with Gasteiger partial charge >= 0.3 is 5.97 Å². The second-order valence-corrected chi connectivity index (χ2v) is 9.93. The lowest BCUT2D eigenvalue weighted by atomic mass is 9.84. The molecule has 2 aliphatic carbocycles. The molecular weight excluding hydrogens is 330 g/mol. The standard InChI is InChI=1S/C17H27NO5S/c19-16(9-10-24(22,23)13-6-2-3-7-13)18-14-8-4-1-5-12(14)11-15(18)17(20)21/h12-15H,1-11H2,(H,20,21). The molecule has 0 aromatic rings. The highest BCUT2D eigenvalue weighted by atomic mass is 32.2. The largest absolute Gasteiger partial charge is 0.480 e. The normalized spacial score (nSPS) is 31.2. The van der Waals surface area contributed by atoms with E-state index >= 15 is 0 Å². The predicted molar refractivity (Wildman–Crippen MR) is 89.3 cm³/mol. The second-order valence-electron chi connectivity index (χ2n) is 7.53. The second kappa shape index (κ2) is 7.02. The molecule has 7 heteroatoms. The number of amides is 1. The summed E-state index contributed by atoms with van der Waals surface area (Å²) in [5.41, 5.74) is 0. The summed E-state index contributed by atoms with van der Waals surface area (Å²) in [5, 5.41) is 9.16. The van der Waals surface area contributed by atoms with E-state index in [0.717, 1.165) is 38.5 Å². The first-order chi connectivity index (χ1) is 11.4. The average Bonchev–Trinajstić information content (AvgIpc) is 3.20. The molecule has 1 heterocycles. The van der Waals surface area contributed by atoms with Gasteiger partial charge in [-0.25, -0.2) is 13.2 Å². The first-order valence-electron chi connectivity index (χ1n) is 9.15. The van der Waals surface area contributed by atoms with Gasteiger partial charge in [-0.2, -0.15) is 0 Å². The third-order valence-electron chi connectivity index (χ3n) is 6.07. The van der Waals surface area contributed by atoms with Crippen LogP contribution in [0.5, 0.6) is 0 Å². The van der Waals surface area contributed by atoms with Gasteiger partial charge in [0.2, 0.25) is 5.91 Å². The molecule has 24 heavy (non-hydrogen) atoms. The van der Waals surface area contributed by atoms with E-state index < -0.39 is 21.8 Å². The number of rotatable bonds is 5. The number of aliphatic carboxylic acids is 1. The van der Waals surface area contributed by atoms with E-state index in [1.807, 2.05) is 0 Å². The highest BCUT2D eigenvalue weighted by molar-refractivity contribution is 7.92. The third-order valence-corrected chi connectivity index (χ3v) is 8.33. The molecule has 3 atom stereocenters. The zero-order chi connectivity index (χ0) is 17.3. The minimum atomic E-state index is -3.25. The van der Waals surface area contributed by atoms with Gasteiger partial charge in [-0.05, 0) is 38.0 Å². The molecule has 0 radical (unpaired) electrons. The van der Waals surface area contributed by atoms with Crippen LogP contribution in [0.3, 0.4) is 0 Å². The van der Waals surface area contributed by atoms with Crippen molar-refractivity contribution in [2.45, 2.75) is 81.5 Å². The van der Waals surface area contributed by atoms with E-state index in [-0.39, 0.29) is 35.3 Å². The highest BCUT2D eigenvalue weighted by Gasteiger charge is 2.47. The van der Waals surface area contributed by atoms with Crippen molar-refractivity contribution >= 4 is 21.7 Å². The van der Waals surface area contributed by atoms with E-state index in [2.05, 4.69) is 0 Å². The van der Waals surface area contributed by atoms with Gasteiger partial charge in [0.15, 0.2) is 9.84 Å². The lowest BCUT2D eigenvalue weighted by Gasteiger charge is -2.33. The highest BCUT2D eigenvalue weighted by Crippen LogP contribution is 2.40. The van der Waals surface area contributed by atoms with Crippen LogP contribution in [-0.4, -0.2) is 53.4 Å². The number of carboxylic acids is 1. The molecule has 1 N–H and O–H groups in total. The molecule has 0 spiro atoms. The molecule has 0 aromatic heterocycles.